The standard InChI is InChI=1S/C28H44O/c1-18(2)19(3)7-8-20(4)24-11-12-25-23-10-9-21-17-22(29)13-15-27(21,5)26(23)14-16-28(24,25)6/h7-10,17-20,22-26,29H,11-16H2,1-6H3/t19-,20+,22-,23-,24+,25-,26-,27-,28+/m0/s1. The van der Waals surface area contributed by atoms with Crippen LogP contribution in [0.15, 0.2) is 36.0 Å². The molecule has 4 aliphatic rings. The maximum atomic E-state index is 10.2. The van der Waals surface area contributed by atoms with Crippen molar-refractivity contribution in [1.29, 1.82) is 0 Å². The van der Waals surface area contributed by atoms with Crippen molar-refractivity contribution in [2.45, 2.75) is 86.2 Å². The van der Waals surface area contributed by atoms with Gasteiger partial charge in [0, 0.05) is 0 Å². The molecule has 0 amide bonds. The van der Waals surface area contributed by atoms with Gasteiger partial charge in [-0.25, -0.2) is 0 Å². The first-order valence-corrected chi connectivity index (χ1v) is 12.4. The summed E-state index contributed by atoms with van der Waals surface area (Å²) in [5, 5.41) is 10.2. The van der Waals surface area contributed by atoms with Crippen molar-refractivity contribution in [3.05, 3.63) is 36.0 Å². The van der Waals surface area contributed by atoms with Crippen LogP contribution in [0.3, 0.4) is 0 Å². The van der Waals surface area contributed by atoms with Gasteiger partial charge in [-0.05, 0) is 96.4 Å². The Hall–Kier alpha value is -0.820. The molecule has 0 heterocycles. The zero-order valence-electron chi connectivity index (χ0n) is 19.7. The lowest BCUT2D eigenvalue weighted by molar-refractivity contribution is -0.0254. The largest absolute Gasteiger partial charge is 0.389 e. The number of aliphatic hydroxyl groups is 1. The molecule has 0 aromatic rings. The Kier molecular flexibility index (Phi) is 5.69. The summed E-state index contributed by atoms with van der Waals surface area (Å²) in [5.74, 6) is 5.26. The highest BCUT2D eigenvalue weighted by Gasteiger charge is 2.58. The molecule has 29 heavy (non-hydrogen) atoms. The first-order chi connectivity index (χ1) is 13.7. The zero-order valence-corrected chi connectivity index (χ0v) is 19.7. The van der Waals surface area contributed by atoms with Crippen LogP contribution in [0.1, 0.15) is 80.1 Å². The maximum absolute atomic E-state index is 10.2. The van der Waals surface area contributed by atoms with Crippen LogP contribution in [0.4, 0.5) is 0 Å². The summed E-state index contributed by atoms with van der Waals surface area (Å²) in [4.78, 5) is 0. The van der Waals surface area contributed by atoms with Crippen molar-refractivity contribution in [2.75, 3.05) is 0 Å². The molecular formula is C28H44O. The van der Waals surface area contributed by atoms with Crippen LogP contribution in [-0.4, -0.2) is 11.2 Å². The molecule has 1 nitrogen and oxygen atoms in total. The van der Waals surface area contributed by atoms with E-state index in [4.69, 9.17) is 0 Å². The average Bonchev–Trinajstić information content (AvgIpc) is 3.03. The van der Waals surface area contributed by atoms with Gasteiger partial charge >= 0.3 is 0 Å². The summed E-state index contributed by atoms with van der Waals surface area (Å²) in [6, 6.07) is 0. The van der Waals surface area contributed by atoms with E-state index in [1.807, 2.05) is 0 Å². The molecule has 0 aliphatic heterocycles. The summed E-state index contributed by atoms with van der Waals surface area (Å²) in [6.07, 6.45) is 19.6. The molecule has 2 fully saturated rings. The topological polar surface area (TPSA) is 20.2 Å². The predicted octanol–water partition coefficient (Wildman–Crippen LogP) is 7.19. The lowest BCUT2D eigenvalue weighted by Crippen LogP contribution is -2.49. The number of allylic oxidation sites excluding steroid dienone is 5. The molecule has 0 bridgehead atoms. The predicted molar refractivity (Wildman–Crippen MR) is 123 cm³/mol. The number of rotatable bonds is 4. The highest BCUT2D eigenvalue weighted by atomic mass is 16.3. The van der Waals surface area contributed by atoms with Crippen LogP contribution in [0, 0.1) is 52.3 Å². The van der Waals surface area contributed by atoms with E-state index in [9.17, 15) is 5.11 Å². The first-order valence-electron chi connectivity index (χ1n) is 12.4. The van der Waals surface area contributed by atoms with Crippen molar-refractivity contribution < 1.29 is 5.11 Å². The third-order valence-electron chi connectivity index (χ3n) is 10.1. The van der Waals surface area contributed by atoms with E-state index in [0.29, 0.717) is 17.3 Å². The summed E-state index contributed by atoms with van der Waals surface area (Å²) in [5.41, 5.74) is 2.20. The van der Waals surface area contributed by atoms with Gasteiger partial charge < -0.3 is 5.11 Å². The number of fused-ring (bicyclic) bond motifs is 5. The summed E-state index contributed by atoms with van der Waals surface area (Å²) in [7, 11) is 0. The van der Waals surface area contributed by atoms with Gasteiger partial charge in [0.1, 0.15) is 0 Å². The average molecular weight is 397 g/mol. The van der Waals surface area contributed by atoms with Crippen LogP contribution < -0.4 is 0 Å². The number of aliphatic hydroxyl groups excluding tert-OH is 1. The van der Waals surface area contributed by atoms with E-state index in [2.05, 4.69) is 71.9 Å². The third-order valence-corrected chi connectivity index (χ3v) is 10.1. The molecule has 0 spiro atoms. The fourth-order valence-electron chi connectivity index (χ4n) is 7.75. The van der Waals surface area contributed by atoms with Crippen LogP contribution >= 0.6 is 0 Å². The molecule has 2 saturated carbocycles. The van der Waals surface area contributed by atoms with Gasteiger partial charge in [0.05, 0.1) is 6.10 Å². The highest BCUT2D eigenvalue weighted by molar-refractivity contribution is 5.36. The van der Waals surface area contributed by atoms with Crippen molar-refractivity contribution in [3.8, 4) is 0 Å². The fourth-order valence-corrected chi connectivity index (χ4v) is 7.75. The molecule has 0 aromatic carbocycles. The van der Waals surface area contributed by atoms with Gasteiger partial charge in [-0.15, -0.1) is 0 Å². The Morgan fingerprint density at radius 3 is 2.45 bits per heavy atom. The van der Waals surface area contributed by atoms with Crippen LogP contribution in [0.25, 0.3) is 0 Å². The number of hydrogen-bond donors (Lipinski definition) is 1. The second-order valence-corrected chi connectivity index (χ2v) is 11.9. The Morgan fingerprint density at radius 1 is 0.966 bits per heavy atom. The minimum atomic E-state index is -0.232. The van der Waals surface area contributed by atoms with Crippen LogP contribution in [0.5, 0.6) is 0 Å². The van der Waals surface area contributed by atoms with E-state index in [1.165, 1.54) is 31.3 Å². The Bertz CT molecular complexity index is 699. The SMILES string of the molecule is CC(C)[C@@H](C)C=C[C@@H](C)[C@H]1CC[C@H]2[C@@H]3C=CC4=C[C@@H](O)CC[C@]4(C)[C@H]3CC[C@]12C. The lowest BCUT2D eigenvalue weighted by Gasteiger charge is -2.56. The monoisotopic (exact) mass is 396 g/mol. The van der Waals surface area contributed by atoms with Gasteiger partial charge in [0.2, 0.25) is 0 Å². The quantitative estimate of drug-likeness (QED) is 0.499. The summed E-state index contributed by atoms with van der Waals surface area (Å²) in [6.45, 7) is 14.6. The van der Waals surface area contributed by atoms with Gasteiger partial charge in [0.25, 0.3) is 0 Å². The molecule has 0 aromatic heterocycles. The molecule has 0 unspecified atom stereocenters. The smallest absolute Gasteiger partial charge is 0.0727 e. The molecule has 0 saturated heterocycles. The zero-order chi connectivity index (χ0) is 21.0. The third kappa shape index (κ3) is 3.50. The molecule has 1 heteroatoms. The second kappa shape index (κ2) is 7.70. The molecule has 0 radical (unpaired) electrons. The minimum Gasteiger partial charge on any atom is -0.389 e. The Balaban J connectivity index is 1.56. The lowest BCUT2D eigenvalue weighted by atomic mass is 9.48. The second-order valence-electron chi connectivity index (χ2n) is 11.9. The molecule has 4 aliphatic carbocycles. The van der Waals surface area contributed by atoms with Gasteiger partial charge in [0.15, 0.2) is 0 Å². The minimum absolute atomic E-state index is 0.232. The van der Waals surface area contributed by atoms with E-state index in [1.54, 1.807) is 0 Å². The summed E-state index contributed by atoms with van der Waals surface area (Å²) >= 11 is 0. The fraction of sp³-hybridized carbons (Fsp3) is 0.786. The van der Waals surface area contributed by atoms with Gasteiger partial charge in [-0.2, -0.15) is 0 Å². The van der Waals surface area contributed by atoms with Crippen molar-refractivity contribution in [1.82, 2.24) is 0 Å². The number of hydrogen-bond acceptors (Lipinski definition) is 1. The van der Waals surface area contributed by atoms with Gasteiger partial charge in [-0.1, -0.05) is 71.9 Å². The van der Waals surface area contributed by atoms with Crippen molar-refractivity contribution in [2.24, 2.45) is 52.3 Å². The van der Waals surface area contributed by atoms with Crippen molar-refractivity contribution in [3.63, 3.8) is 0 Å². The molecule has 1 N–H and O–H groups in total. The molecule has 162 valence electrons. The van der Waals surface area contributed by atoms with E-state index < -0.39 is 0 Å². The van der Waals surface area contributed by atoms with E-state index in [0.717, 1.165) is 42.4 Å². The van der Waals surface area contributed by atoms with Crippen molar-refractivity contribution >= 4 is 0 Å². The molecule has 4 rings (SSSR count). The van der Waals surface area contributed by atoms with Gasteiger partial charge in [-0.3, -0.25) is 0 Å². The Morgan fingerprint density at radius 2 is 1.72 bits per heavy atom. The first kappa shape index (κ1) is 21.4. The highest BCUT2D eigenvalue weighted by Crippen LogP contribution is 2.66. The summed E-state index contributed by atoms with van der Waals surface area (Å²) < 4.78 is 0. The van der Waals surface area contributed by atoms with Crippen LogP contribution in [-0.2, 0) is 0 Å². The maximum Gasteiger partial charge on any atom is 0.0727 e. The van der Waals surface area contributed by atoms with E-state index >= 15 is 0 Å². The van der Waals surface area contributed by atoms with Crippen LogP contribution in [0.2, 0.25) is 0 Å². The molecular weight excluding hydrogens is 352 g/mol. The molecule has 9 atom stereocenters. The normalized spacial score (nSPS) is 46.2. The van der Waals surface area contributed by atoms with E-state index in [-0.39, 0.29) is 11.5 Å². The Labute approximate surface area is 179 Å².